The predicted molar refractivity (Wildman–Crippen MR) is 123 cm³/mol. The summed E-state index contributed by atoms with van der Waals surface area (Å²) in [5, 5.41) is 24.3. The van der Waals surface area contributed by atoms with Crippen molar-refractivity contribution in [1.29, 1.82) is 0 Å². The Kier molecular flexibility index (Phi) is 9.59. The van der Waals surface area contributed by atoms with Gasteiger partial charge in [0, 0.05) is 6.42 Å². The number of hydrogen-bond acceptors (Lipinski definition) is 3. The first-order valence-corrected chi connectivity index (χ1v) is 12.4. The molecule has 0 N–H and O–H groups in total. The summed E-state index contributed by atoms with van der Waals surface area (Å²) in [5.41, 5.74) is 0.125. The van der Waals surface area contributed by atoms with Gasteiger partial charge in [-0.3, -0.25) is 4.79 Å². The predicted octanol–water partition coefficient (Wildman–Crippen LogP) is 4.66. The van der Waals surface area contributed by atoms with E-state index in [0.717, 1.165) is 0 Å². The second-order valence-electron chi connectivity index (χ2n) is 11.1. The molecule has 0 aliphatic heterocycles. The van der Waals surface area contributed by atoms with Crippen LogP contribution in [0.15, 0.2) is 0 Å². The van der Waals surface area contributed by atoms with Crippen molar-refractivity contribution in [2.75, 3.05) is 54.4 Å². The second-order valence-corrected chi connectivity index (χ2v) is 11.1. The number of carbonyl (C=O) groups excluding carboxylic acids is 1. The van der Waals surface area contributed by atoms with Crippen LogP contribution in [0.3, 0.4) is 0 Å². The molecule has 2 saturated carbocycles. The molecule has 0 saturated heterocycles. The summed E-state index contributed by atoms with van der Waals surface area (Å²) < 4.78 is -0.819. The Bertz CT molecular complexity index is 493. The fraction of sp³-hybridized carbons (Fsp3) is 0.958. The highest BCUT2D eigenvalue weighted by molar-refractivity contribution is 5.77. The zero-order valence-corrected chi connectivity index (χ0v) is 20.2. The third-order valence-electron chi connectivity index (χ3n) is 7.49. The van der Waals surface area contributed by atoms with Gasteiger partial charge in [0.25, 0.3) is 0 Å². The van der Waals surface area contributed by atoms with E-state index in [0.29, 0.717) is 38.5 Å². The highest BCUT2D eigenvalue weighted by Crippen LogP contribution is 2.49. The molecule has 2 aliphatic carbocycles. The van der Waals surface area contributed by atoms with Crippen molar-refractivity contribution in [1.82, 2.24) is 4.90 Å². The molecular formula is C24H47N3O3. The standard InChI is InChI=1S/C24H47N3O3/c1-26(2,29)19-17-25(18-20-27(3,4)30)23(28)21-24(22-13-9-8-10-14-22)15-11-6-5-7-12-16-24/h22H,5-21H2,1-4H3. The van der Waals surface area contributed by atoms with Gasteiger partial charge >= 0.3 is 0 Å². The molecule has 0 unspecified atom stereocenters. The molecule has 0 atom stereocenters. The van der Waals surface area contributed by atoms with Crippen molar-refractivity contribution < 1.29 is 14.1 Å². The fourth-order valence-electron chi connectivity index (χ4n) is 5.55. The quantitative estimate of drug-likeness (QED) is 0.398. The molecule has 0 aromatic heterocycles. The molecule has 0 aromatic rings. The fourth-order valence-corrected chi connectivity index (χ4v) is 5.55. The molecule has 0 radical (unpaired) electrons. The molecule has 6 heteroatoms. The van der Waals surface area contributed by atoms with Crippen LogP contribution >= 0.6 is 0 Å². The monoisotopic (exact) mass is 425 g/mol. The van der Waals surface area contributed by atoms with Crippen molar-refractivity contribution >= 4 is 5.91 Å². The van der Waals surface area contributed by atoms with Crippen LogP contribution in [0.4, 0.5) is 0 Å². The maximum absolute atomic E-state index is 13.6. The summed E-state index contributed by atoms with van der Waals surface area (Å²) in [7, 11) is 6.48. The number of amides is 1. The molecule has 30 heavy (non-hydrogen) atoms. The Hall–Kier alpha value is -0.690. The summed E-state index contributed by atoms with van der Waals surface area (Å²) in [5.74, 6) is 0.830. The smallest absolute Gasteiger partial charge is 0.223 e. The van der Waals surface area contributed by atoms with Gasteiger partial charge < -0.3 is 24.6 Å². The molecule has 2 aliphatic rings. The van der Waals surface area contributed by atoms with Gasteiger partial charge in [0.15, 0.2) is 0 Å². The maximum Gasteiger partial charge on any atom is 0.223 e. The number of likely N-dealkylation sites (N-methyl/N-ethyl adjacent to an activating group) is 2. The van der Waals surface area contributed by atoms with Crippen LogP contribution in [-0.4, -0.2) is 74.5 Å². The largest absolute Gasteiger partial charge is 0.633 e. The van der Waals surface area contributed by atoms with Gasteiger partial charge in [0.05, 0.1) is 54.4 Å². The van der Waals surface area contributed by atoms with E-state index in [1.165, 1.54) is 77.0 Å². The van der Waals surface area contributed by atoms with Crippen LogP contribution in [0.2, 0.25) is 0 Å². The number of nitrogens with zero attached hydrogens (tertiary/aromatic N) is 3. The molecule has 0 heterocycles. The molecule has 1 amide bonds. The van der Waals surface area contributed by atoms with Crippen molar-refractivity contribution in [2.45, 2.75) is 83.5 Å². The van der Waals surface area contributed by atoms with Gasteiger partial charge in [0.1, 0.15) is 0 Å². The van der Waals surface area contributed by atoms with Crippen LogP contribution in [-0.2, 0) is 4.79 Å². The summed E-state index contributed by atoms with van der Waals surface area (Å²) in [6, 6.07) is 0. The van der Waals surface area contributed by atoms with Crippen molar-refractivity contribution in [3.05, 3.63) is 10.4 Å². The number of hydroxylamine groups is 6. The van der Waals surface area contributed by atoms with Crippen LogP contribution in [0.25, 0.3) is 0 Å². The van der Waals surface area contributed by atoms with Crippen LogP contribution in [0.1, 0.15) is 83.5 Å². The Labute approximate surface area is 184 Å². The van der Waals surface area contributed by atoms with E-state index in [1.54, 1.807) is 28.2 Å². The Balaban J connectivity index is 2.16. The summed E-state index contributed by atoms with van der Waals surface area (Å²) in [4.78, 5) is 15.4. The third-order valence-corrected chi connectivity index (χ3v) is 7.49. The number of rotatable bonds is 9. The minimum atomic E-state index is -0.410. The second kappa shape index (κ2) is 11.3. The summed E-state index contributed by atoms with van der Waals surface area (Å²) in [6.07, 6.45) is 15.8. The average Bonchev–Trinajstić information content (AvgIpc) is 2.63. The van der Waals surface area contributed by atoms with E-state index in [9.17, 15) is 15.2 Å². The normalized spacial score (nSPS) is 21.7. The first-order chi connectivity index (χ1) is 14.0. The number of hydrogen-bond donors (Lipinski definition) is 0. The Morgan fingerprint density at radius 2 is 1.23 bits per heavy atom. The van der Waals surface area contributed by atoms with Crippen molar-refractivity contribution in [2.24, 2.45) is 11.3 Å². The van der Waals surface area contributed by atoms with E-state index in [2.05, 4.69) is 0 Å². The van der Waals surface area contributed by atoms with Crippen molar-refractivity contribution in [3.8, 4) is 0 Å². The summed E-state index contributed by atoms with van der Waals surface area (Å²) >= 11 is 0. The van der Waals surface area contributed by atoms with Gasteiger partial charge in [-0.2, -0.15) is 0 Å². The Morgan fingerprint density at radius 1 is 0.800 bits per heavy atom. The molecular weight excluding hydrogens is 378 g/mol. The minimum absolute atomic E-state index is 0.125. The molecule has 0 spiro atoms. The van der Waals surface area contributed by atoms with Gasteiger partial charge in [-0.05, 0) is 37.0 Å². The SMILES string of the molecule is C[N+](C)([O-])CCN(CC[N+](C)(C)[O-])C(=O)CC1(C2CCCCC2)CCCCCCC1. The molecule has 6 nitrogen and oxygen atoms in total. The zero-order valence-electron chi connectivity index (χ0n) is 20.2. The molecule has 176 valence electrons. The molecule has 0 bridgehead atoms. The maximum atomic E-state index is 13.6. The highest BCUT2D eigenvalue weighted by atomic mass is 16.5. The van der Waals surface area contributed by atoms with E-state index in [4.69, 9.17) is 0 Å². The number of carbonyl (C=O) groups is 1. The van der Waals surface area contributed by atoms with Crippen LogP contribution in [0.5, 0.6) is 0 Å². The molecule has 2 rings (SSSR count). The van der Waals surface area contributed by atoms with Gasteiger partial charge in [-0.25, -0.2) is 0 Å². The number of quaternary nitrogens is 2. The average molecular weight is 426 g/mol. The molecule has 2 fully saturated rings. The lowest BCUT2D eigenvalue weighted by atomic mass is 9.61. The van der Waals surface area contributed by atoms with E-state index < -0.39 is 9.29 Å². The zero-order chi connectivity index (χ0) is 22.3. The van der Waals surface area contributed by atoms with Gasteiger partial charge in [-0.1, -0.05) is 51.4 Å². The topological polar surface area (TPSA) is 66.4 Å². The lowest BCUT2D eigenvalue weighted by Crippen LogP contribution is -2.49. The Morgan fingerprint density at radius 3 is 1.70 bits per heavy atom. The van der Waals surface area contributed by atoms with Crippen LogP contribution in [0, 0.1) is 21.7 Å². The van der Waals surface area contributed by atoms with Gasteiger partial charge in [-0.15, -0.1) is 0 Å². The summed E-state index contributed by atoms with van der Waals surface area (Å²) in [6.45, 7) is 1.62. The van der Waals surface area contributed by atoms with E-state index >= 15 is 0 Å². The van der Waals surface area contributed by atoms with Crippen molar-refractivity contribution in [3.63, 3.8) is 0 Å². The van der Waals surface area contributed by atoms with Gasteiger partial charge in [0.2, 0.25) is 5.91 Å². The molecule has 0 aromatic carbocycles. The lowest BCUT2D eigenvalue weighted by molar-refractivity contribution is -0.842. The lowest BCUT2D eigenvalue weighted by Gasteiger charge is -2.45. The first kappa shape index (κ1) is 25.6. The minimum Gasteiger partial charge on any atom is -0.633 e. The van der Waals surface area contributed by atoms with E-state index in [-0.39, 0.29) is 11.3 Å². The van der Waals surface area contributed by atoms with E-state index in [1.807, 2.05) is 4.90 Å². The third kappa shape index (κ3) is 8.81. The highest BCUT2D eigenvalue weighted by Gasteiger charge is 2.41. The van der Waals surface area contributed by atoms with Crippen LogP contribution < -0.4 is 0 Å². The first-order valence-electron chi connectivity index (χ1n) is 12.4.